The average molecular weight is 439 g/mol. The molecule has 28 heavy (non-hydrogen) atoms. The summed E-state index contributed by atoms with van der Waals surface area (Å²) < 4.78 is 32.5. The summed E-state index contributed by atoms with van der Waals surface area (Å²) >= 11 is 7.49. The minimum Gasteiger partial charge on any atom is -0.423 e. The Morgan fingerprint density at radius 1 is 1.18 bits per heavy atom. The minimum atomic E-state index is -3.42. The van der Waals surface area contributed by atoms with Gasteiger partial charge in [-0.3, -0.25) is 4.90 Å². The van der Waals surface area contributed by atoms with Gasteiger partial charge in [-0.2, -0.15) is 4.31 Å². The maximum atomic E-state index is 12.7. The second-order valence-corrected chi connectivity index (χ2v) is 10.3. The van der Waals surface area contributed by atoms with Crippen LogP contribution >= 0.6 is 22.9 Å². The average Bonchev–Trinajstić information content (AvgIpc) is 3.19. The van der Waals surface area contributed by atoms with E-state index in [9.17, 15) is 13.2 Å². The zero-order valence-corrected chi connectivity index (χ0v) is 17.6. The molecular weight excluding hydrogens is 420 g/mol. The second kappa shape index (κ2) is 7.61. The number of hydrogen-bond donors (Lipinski definition) is 0. The maximum Gasteiger partial charge on any atom is 0.336 e. The molecule has 1 aliphatic heterocycles. The smallest absolute Gasteiger partial charge is 0.336 e. The van der Waals surface area contributed by atoms with E-state index >= 15 is 0 Å². The number of benzene rings is 1. The van der Waals surface area contributed by atoms with Gasteiger partial charge >= 0.3 is 5.63 Å². The highest BCUT2D eigenvalue weighted by atomic mass is 35.5. The first kappa shape index (κ1) is 19.6. The third kappa shape index (κ3) is 3.75. The molecule has 3 aromatic rings. The Morgan fingerprint density at radius 2 is 1.93 bits per heavy atom. The van der Waals surface area contributed by atoms with E-state index < -0.39 is 15.6 Å². The Morgan fingerprint density at radius 3 is 2.61 bits per heavy atom. The summed E-state index contributed by atoms with van der Waals surface area (Å²) in [6, 6.07) is 8.46. The van der Waals surface area contributed by atoms with Crippen molar-refractivity contribution in [3.63, 3.8) is 0 Å². The lowest BCUT2D eigenvalue weighted by Crippen LogP contribution is -2.48. The van der Waals surface area contributed by atoms with Crippen LogP contribution in [0.5, 0.6) is 0 Å². The number of thiophene rings is 1. The fourth-order valence-electron chi connectivity index (χ4n) is 3.39. The zero-order chi connectivity index (χ0) is 19.9. The summed E-state index contributed by atoms with van der Waals surface area (Å²) in [7, 11) is -3.42. The molecule has 0 N–H and O–H groups in total. The van der Waals surface area contributed by atoms with Crippen molar-refractivity contribution in [2.75, 3.05) is 26.2 Å². The van der Waals surface area contributed by atoms with Crippen LogP contribution in [0.1, 0.15) is 11.1 Å². The van der Waals surface area contributed by atoms with Gasteiger partial charge in [0.25, 0.3) is 10.0 Å². The first-order valence-corrected chi connectivity index (χ1v) is 11.5. The van der Waals surface area contributed by atoms with Crippen LogP contribution in [0.25, 0.3) is 11.0 Å². The van der Waals surface area contributed by atoms with Gasteiger partial charge in [0.05, 0.1) is 0 Å². The van der Waals surface area contributed by atoms with Crippen molar-refractivity contribution in [2.45, 2.75) is 17.7 Å². The van der Waals surface area contributed by atoms with Gasteiger partial charge in [-0.25, -0.2) is 13.2 Å². The lowest BCUT2D eigenvalue weighted by molar-refractivity contribution is 0.182. The van der Waals surface area contributed by atoms with Crippen molar-refractivity contribution in [1.29, 1.82) is 0 Å². The first-order valence-electron chi connectivity index (χ1n) is 8.83. The van der Waals surface area contributed by atoms with E-state index in [1.807, 2.05) is 13.0 Å². The number of piperazine rings is 1. The molecule has 0 unspecified atom stereocenters. The molecule has 2 aromatic heterocycles. The van der Waals surface area contributed by atoms with Crippen LogP contribution in [0.4, 0.5) is 0 Å². The van der Waals surface area contributed by atoms with E-state index in [0.29, 0.717) is 47.5 Å². The molecule has 0 saturated carbocycles. The predicted octanol–water partition coefficient (Wildman–Crippen LogP) is 3.32. The van der Waals surface area contributed by atoms with Crippen LogP contribution in [-0.2, 0) is 16.6 Å². The lowest BCUT2D eigenvalue weighted by atomic mass is 10.1. The van der Waals surface area contributed by atoms with Gasteiger partial charge in [0, 0.05) is 49.2 Å². The van der Waals surface area contributed by atoms with Gasteiger partial charge in [-0.15, -0.1) is 11.3 Å². The molecule has 1 aliphatic rings. The van der Waals surface area contributed by atoms with Gasteiger partial charge in [-0.1, -0.05) is 17.7 Å². The maximum absolute atomic E-state index is 12.7. The zero-order valence-electron chi connectivity index (χ0n) is 15.2. The molecule has 0 radical (unpaired) electrons. The number of aryl methyl sites for hydroxylation is 1. The third-order valence-corrected chi connectivity index (χ3v) is 8.60. The minimum absolute atomic E-state index is 0.373. The highest BCUT2D eigenvalue weighted by molar-refractivity contribution is 7.91. The molecule has 3 heterocycles. The molecule has 0 amide bonds. The number of fused-ring (bicyclic) bond motifs is 1. The van der Waals surface area contributed by atoms with Crippen molar-refractivity contribution in [2.24, 2.45) is 0 Å². The molecule has 9 heteroatoms. The molecule has 1 fully saturated rings. The van der Waals surface area contributed by atoms with Crippen molar-refractivity contribution in [3.05, 3.63) is 62.3 Å². The molecule has 0 spiro atoms. The third-order valence-electron chi connectivity index (χ3n) is 4.92. The van der Waals surface area contributed by atoms with Gasteiger partial charge in [0.2, 0.25) is 0 Å². The Hall–Kier alpha value is -1.71. The number of rotatable bonds is 4. The molecule has 0 bridgehead atoms. The predicted molar refractivity (Wildman–Crippen MR) is 111 cm³/mol. The van der Waals surface area contributed by atoms with E-state index in [4.69, 9.17) is 16.0 Å². The van der Waals surface area contributed by atoms with Crippen LogP contribution in [0, 0.1) is 6.92 Å². The van der Waals surface area contributed by atoms with Crippen molar-refractivity contribution in [1.82, 2.24) is 9.21 Å². The molecule has 4 rings (SSSR count). The summed E-state index contributed by atoms with van der Waals surface area (Å²) in [4.78, 5) is 14.1. The monoisotopic (exact) mass is 438 g/mol. The molecule has 148 valence electrons. The Labute approximate surface area is 172 Å². The second-order valence-electron chi connectivity index (χ2n) is 6.80. The Bertz CT molecular complexity index is 1160. The van der Waals surface area contributed by atoms with Gasteiger partial charge in [0.1, 0.15) is 9.79 Å². The van der Waals surface area contributed by atoms with Crippen LogP contribution in [0.2, 0.25) is 5.02 Å². The number of sulfonamides is 1. The fourth-order valence-corrected chi connectivity index (χ4v) is 6.12. The van der Waals surface area contributed by atoms with E-state index in [1.165, 1.54) is 21.7 Å². The summed E-state index contributed by atoms with van der Waals surface area (Å²) in [6.45, 7) is 4.41. The SMILES string of the molecule is Cc1cc2oc(=O)cc(CN3CCN(S(=O)(=O)c4cccs4)CC3)c2cc1Cl. The number of nitrogens with zero attached hydrogens (tertiary/aromatic N) is 2. The van der Waals surface area contributed by atoms with Gasteiger partial charge in [-0.05, 0) is 41.6 Å². The van der Waals surface area contributed by atoms with Crippen LogP contribution < -0.4 is 5.63 Å². The number of hydrogen-bond acceptors (Lipinski definition) is 6. The van der Waals surface area contributed by atoms with Crippen molar-refractivity contribution in [3.8, 4) is 0 Å². The molecule has 1 saturated heterocycles. The highest BCUT2D eigenvalue weighted by Crippen LogP contribution is 2.27. The fraction of sp³-hybridized carbons (Fsp3) is 0.316. The van der Waals surface area contributed by atoms with E-state index in [2.05, 4.69) is 4.90 Å². The Balaban J connectivity index is 1.53. The van der Waals surface area contributed by atoms with Crippen LogP contribution in [0.15, 0.2) is 49.1 Å². The quantitative estimate of drug-likeness (QED) is 0.584. The first-order chi connectivity index (χ1) is 13.3. The molecule has 0 atom stereocenters. The number of halogens is 1. The lowest BCUT2D eigenvalue weighted by Gasteiger charge is -2.33. The summed E-state index contributed by atoms with van der Waals surface area (Å²) in [5, 5.41) is 3.19. The van der Waals surface area contributed by atoms with E-state index in [0.717, 1.165) is 16.5 Å². The molecule has 1 aromatic carbocycles. The van der Waals surface area contributed by atoms with Crippen LogP contribution in [-0.4, -0.2) is 43.8 Å². The van der Waals surface area contributed by atoms with Crippen LogP contribution in [0.3, 0.4) is 0 Å². The highest BCUT2D eigenvalue weighted by Gasteiger charge is 2.29. The molecule has 0 aliphatic carbocycles. The topological polar surface area (TPSA) is 70.8 Å². The molecular formula is C19H19ClN2O4S2. The summed E-state index contributed by atoms with van der Waals surface area (Å²) in [5.41, 5.74) is 1.80. The summed E-state index contributed by atoms with van der Waals surface area (Å²) in [6.07, 6.45) is 0. The van der Waals surface area contributed by atoms with Crippen molar-refractivity contribution >= 4 is 43.9 Å². The largest absolute Gasteiger partial charge is 0.423 e. The normalized spacial score (nSPS) is 16.6. The van der Waals surface area contributed by atoms with Gasteiger partial charge < -0.3 is 4.42 Å². The van der Waals surface area contributed by atoms with E-state index in [-0.39, 0.29) is 0 Å². The van der Waals surface area contributed by atoms with E-state index in [1.54, 1.807) is 23.6 Å². The van der Waals surface area contributed by atoms with Crippen molar-refractivity contribution < 1.29 is 12.8 Å². The Kier molecular flexibility index (Phi) is 5.32. The molecule has 6 nitrogen and oxygen atoms in total. The van der Waals surface area contributed by atoms with Gasteiger partial charge in [0.15, 0.2) is 0 Å². The summed E-state index contributed by atoms with van der Waals surface area (Å²) in [5.74, 6) is 0. The standard InChI is InChI=1S/C19H19ClN2O4S2/c1-13-9-17-15(11-16(13)20)14(10-18(23)26-17)12-21-4-6-22(7-5-21)28(24,25)19-3-2-8-27-19/h2-3,8-11H,4-7,12H2,1H3.